The van der Waals surface area contributed by atoms with Gasteiger partial charge in [0, 0.05) is 53.5 Å². The average molecular weight is 1070 g/mol. The molecule has 0 spiro atoms. The second-order valence-electron chi connectivity index (χ2n) is 26.4. The van der Waals surface area contributed by atoms with E-state index in [1.807, 2.05) is 37.7 Å². The third-order valence-corrected chi connectivity index (χ3v) is 21.9. The number of phenolic OH excluding ortho intramolecular Hbond substituents is 2. The van der Waals surface area contributed by atoms with Crippen molar-refractivity contribution in [2.24, 2.45) is 52.3 Å². The number of thiazole rings is 2. The molecule has 11 rings (SSSR count). The number of fused-ring (bicyclic) bond motifs is 10. The lowest BCUT2D eigenvalue weighted by molar-refractivity contribution is -0.117. The van der Waals surface area contributed by atoms with Gasteiger partial charge in [0.05, 0.1) is 12.8 Å². The first-order valence-electron chi connectivity index (χ1n) is 29.0. The maximum Gasteiger partial charge on any atom is 0.226 e. The van der Waals surface area contributed by atoms with E-state index in [0.29, 0.717) is 113 Å². The van der Waals surface area contributed by atoms with Crippen LogP contribution in [0.25, 0.3) is 0 Å². The number of carbonyl (C=O) groups excluding carboxylic acids is 2. The van der Waals surface area contributed by atoms with Crippen LogP contribution in [-0.4, -0.2) is 50.6 Å². The largest absolute Gasteiger partial charge is 0.508 e. The van der Waals surface area contributed by atoms with Crippen molar-refractivity contribution in [1.82, 2.24) is 20.6 Å². The summed E-state index contributed by atoms with van der Waals surface area (Å²) in [6.45, 7) is 19.9. The average Bonchev–Trinajstić information content (AvgIpc) is 4.22. The maximum atomic E-state index is 13.8. The van der Waals surface area contributed by atoms with Gasteiger partial charge >= 0.3 is 0 Å². The molecular formula is C63H84N6O5S2. The normalized spacial score (nSPS) is 30.5. The second kappa shape index (κ2) is 21.2. The molecular weight excluding hydrogens is 985 g/mol. The number of hydrogen-bond donors (Lipinski definition) is 6. The second-order valence-corrected chi connectivity index (χ2v) is 28.8. The van der Waals surface area contributed by atoms with Crippen LogP contribution in [0.15, 0.2) is 59.5 Å². The van der Waals surface area contributed by atoms with E-state index in [1.165, 1.54) is 46.4 Å². The van der Waals surface area contributed by atoms with Crippen molar-refractivity contribution < 1.29 is 24.2 Å². The Morgan fingerprint density at radius 2 is 1.38 bits per heavy atom. The minimum absolute atomic E-state index is 0.0424. The Kier molecular flexibility index (Phi) is 14.9. The van der Waals surface area contributed by atoms with Gasteiger partial charge in [-0.2, -0.15) is 0 Å². The van der Waals surface area contributed by atoms with Gasteiger partial charge < -0.3 is 35.9 Å². The molecule has 12 atom stereocenters. The minimum atomic E-state index is -0.127. The first kappa shape index (κ1) is 53.4. The monoisotopic (exact) mass is 1070 g/mol. The number of benzene rings is 2. The molecule has 4 saturated carbocycles. The van der Waals surface area contributed by atoms with Crippen LogP contribution < -0.4 is 21.3 Å². The number of aromatic nitrogens is 2. The predicted octanol–water partition coefficient (Wildman–Crippen LogP) is 13.6. The molecule has 6 N–H and O–H groups in total. The fourth-order valence-electron chi connectivity index (χ4n) is 16.9. The number of nitrogens with one attached hydrogen (secondary N) is 4. The van der Waals surface area contributed by atoms with Crippen molar-refractivity contribution in [3.05, 3.63) is 104 Å². The molecule has 6 aliphatic carbocycles. The molecule has 3 heterocycles. The fraction of sp³-hybridized carbons (Fsp3) is 0.619. The van der Waals surface area contributed by atoms with Gasteiger partial charge in [0.1, 0.15) is 17.3 Å². The van der Waals surface area contributed by atoms with Gasteiger partial charge in [0.25, 0.3) is 0 Å². The van der Waals surface area contributed by atoms with E-state index in [4.69, 9.17) is 4.42 Å². The molecule has 408 valence electrons. The summed E-state index contributed by atoms with van der Waals surface area (Å²) < 4.78 is 6.23. The zero-order chi connectivity index (χ0) is 53.3. The standard InChI is InChI=1S/C63H84N6O5S2/c1-35(2)30-64-53-27-40(58-49-15-10-39-26-52(71)51(61(4,5)6)29-50(39)47(49)20-22-62(53,58)7)12-18-56(73)69-60-67-33-44(76-60)24-37-23-43(74-34-37)32-65-54-28-41(11-17-55(72)68-59-66-31-36(3)75-59)57-48-14-9-38-25-42(70)13-16-45(38)46(48)19-21-63(54,57)8/h13,16,23,25-26,29,31,33-35,40-41,46-49,53-54,57-58,64-65,70-71H,9-12,14-15,17-22,24,27-28,30,32H2,1-8H3,(H,66,68,72)(H,67,69,73). The summed E-state index contributed by atoms with van der Waals surface area (Å²) in [6.07, 6.45) is 20.0. The number of aromatic hydroxyl groups is 2. The van der Waals surface area contributed by atoms with E-state index in [1.54, 1.807) is 11.3 Å². The van der Waals surface area contributed by atoms with Crippen molar-refractivity contribution in [1.29, 1.82) is 0 Å². The van der Waals surface area contributed by atoms with E-state index >= 15 is 0 Å². The smallest absolute Gasteiger partial charge is 0.226 e. The number of nitrogens with zero attached hydrogens (tertiary/aromatic N) is 2. The summed E-state index contributed by atoms with van der Waals surface area (Å²) in [5.74, 6) is 6.35. The lowest BCUT2D eigenvalue weighted by Crippen LogP contribution is -2.49. The number of rotatable bonds is 16. The topological polar surface area (TPSA) is 162 Å². The first-order chi connectivity index (χ1) is 36.3. The molecule has 6 aliphatic rings. The Labute approximate surface area is 459 Å². The molecule has 2 amide bonds. The summed E-state index contributed by atoms with van der Waals surface area (Å²) >= 11 is 3.07. The zero-order valence-electron chi connectivity index (χ0n) is 46.4. The molecule has 3 aromatic heterocycles. The highest BCUT2D eigenvalue weighted by Crippen LogP contribution is 2.65. The number of aryl methyl sites for hydroxylation is 3. The highest BCUT2D eigenvalue weighted by Gasteiger charge is 2.60. The lowest BCUT2D eigenvalue weighted by atomic mass is 9.53. The third kappa shape index (κ3) is 10.6. The zero-order valence-corrected chi connectivity index (χ0v) is 48.0. The van der Waals surface area contributed by atoms with Crippen LogP contribution in [0, 0.1) is 59.2 Å². The summed E-state index contributed by atoms with van der Waals surface area (Å²) in [6, 6.07) is 13.4. The van der Waals surface area contributed by atoms with E-state index in [9.17, 15) is 19.8 Å². The van der Waals surface area contributed by atoms with E-state index in [2.05, 4.69) is 104 Å². The Balaban J connectivity index is 0.712. The van der Waals surface area contributed by atoms with Gasteiger partial charge in [-0.1, -0.05) is 60.6 Å². The van der Waals surface area contributed by atoms with Gasteiger partial charge in [-0.25, -0.2) is 9.97 Å². The molecule has 11 nitrogen and oxygen atoms in total. The first-order valence-corrected chi connectivity index (χ1v) is 30.6. The Hall–Kier alpha value is -4.56. The van der Waals surface area contributed by atoms with Crippen LogP contribution in [0.5, 0.6) is 11.5 Å². The molecule has 12 unspecified atom stereocenters. The van der Waals surface area contributed by atoms with E-state index < -0.39 is 0 Å². The fourth-order valence-corrected chi connectivity index (χ4v) is 18.4. The van der Waals surface area contributed by atoms with Crippen LogP contribution in [0.4, 0.5) is 10.3 Å². The summed E-state index contributed by atoms with van der Waals surface area (Å²) in [7, 11) is 0. The van der Waals surface area contributed by atoms with Gasteiger partial charge in [0.15, 0.2) is 10.3 Å². The van der Waals surface area contributed by atoms with Gasteiger partial charge in [0.2, 0.25) is 11.8 Å². The number of phenols is 2. The van der Waals surface area contributed by atoms with Crippen LogP contribution in [0.1, 0.15) is 186 Å². The molecule has 0 radical (unpaired) electrons. The minimum Gasteiger partial charge on any atom is -0.508 e. The van der Waals surface area contributed by atoms with E-state index in [-0.39, 0.29) is 28.1 Å². The van der Waals surface area contributed by atoms with Gasteiger partial charge in [-0.05, 0) is 218 Å². The molecule has 13 heteroatoms. The van der Waals surface area contributed by atoms with Gasteiger partial charge in [-0.3, -0.25) is 9.59 Å². The van der Waals surface area contributed by atoms with Gasteiger partial charge in [-0.15, -0.1) is 22.7 Å². The SMILES string of the molecule is Cc1cnc(NC(=O)CCC2CC(NCc3cc(Cc4cnc(NC(=O)CCC5CC(NCC(C)C)C6(C)CCC7c8cc(C(C)(C)C)c(O)cc8CCC7C56)s4)co3)C3(C)CCC4c5ccc(O)cc5CCC4C23)s1. The lowest BCUT2D eigenvalue weighted by Gasteiger charge is -2.52. The molecule has 4 fully saturated rings. The molecule has 2 aromatic carbocycles. The highest BCUT2D eigenvalue weighted by molar-refractivity contribution is 7.16. The predicted molar refractivity (Wildman–Crippen MR) is 305 cm³/mol. The van der Waals surface area contributed by atoms with Crippen LogP contribution >= 0.6 is 22.7 Å². The molecule has 0 saturated heterocycles. The van der Waals surface area contributed by atoms with Crippen molar-refractivity contribution in [2.45, 2.75) is 188 Å². The maximum absolute atomic E-state index is 13.8. The Morgan fingerprint density at radius 1 is 0.776 bits per heavy atom. The van der Waals surface area contributed by atoms with Crippen molar-refractivity contribution in [3.63, 3.8) is 0 Å². The Morgan fingerprint density at radius 3 is 2.00 bits per heavy atom. The van der Waals surface area contributed by atoms with Crippen molar-refractivity contribution in [3.8, 4) is 11.5 Å². The van der Waals surface area contributed by atoms with Crippen LogP contribution in [0.2, 0.25) is 0 Å². The molecule has 0 aliphatic heterocycles. The van der Waals surface area contributed by atoms with Crippen molar-refractivity contribution >= 4 is 44.8 Å². The third-order valence-electron chi connectivity index (χ3n) is 20.2. The van der Waals surface area contributed by atoms with Crippen molar-refractivity contribution in [2.75, 3.05) is 17.2 Å². The summed E-state index contributed by atoms with van der Waals surface area (Å²) in [5.41, 5.74) is 7.80. The quantitative estimate of drug-likeness (QED) is 0.0565. The summed E-state index contributed by atoms with van der Waals surface area (Å²) in [5, 5.41) is 37.0. The van der Waals surface area contributed by atoms with E-state index in [0.717, 1.165) is 97.4 Å². The Bertz CT molecular complexity index is 2920. The molecule has 76 heavy (non-hydrogen) atoms. The number of anilines is 2. The number of hydrogen-bond acceptors (Lipinski definition) is 11. The highest BCUT2D eigenvalue weighted by atomic mass is 32.1. The number of amides is 2. The molecule has 5 aromatic rings. The van der Waals surface area contributed by atoms with Crippen LogP contribution in [-0.2, 0) is 40.8 Å². The summed E-state index contributed by atoms with van der Waals surface area (Å²) in [4.78, 5) is 38.4. The van der Waals surface area contributed by atoms with Crippen LogP contribution in [0.3, 0.4) is 0 Å². The number of furan rings is 1. The number of carbonyl (C=O) groups is 2. The molecule has 0 bridgehead atoms.